The maximum absolute atomic E-state index is 13.9. The van der Waals surface area contributed by atoms with Crippen LogP contribution in [0.4, 0.5) is 26.3 Å². The minimum absolute atomic E-state index is 0.170. The molecular formula is C14H10F6. The Morgan fingerprint density at radius 3 is 2.20 bits per heavy atom. The van der Waals surface area contributed by atoms with Crippen LogP contribution < -0.4 is 10.4 Å². The highest BCUT2D eigenvalue weighted by atomic mass is 19.3. The standard InChI is InChI=1S/C14H10F6/c1-7-5-6-10-11-8(7)3-2-4-9(11)12(15,16)14(19,20)13(10,17)18/h2-4H,5-6H2,1H3. The van der Waals surface area contributed by atoms with E-state index >= 15 is 0 Å². The van der Waals surface area contributed by atoms with Crippen molar-refractivity contribution in [2.75, 3.05) is 0 Å². The van der Waals surface area contributed by atoms with Crippen LogP contribution in [0.2, 0.25) is 0 Å². The molecule has 0 aromatic heterocycles. The molecule has 0 heterocycles. The van der Waals surface area contributed by atoms with Crippen LogP contribution in [0.15, 0.2) is 18.2 Å². The number of alkyl halides is 6. The van der Waals surface area contributed by atoms with Crippen molar-refractivity contribution in [3.63, 3.8) is 0 Å². The van der Waals surface area contributed by atoms with Crippen LogP contribution in [0.1, 0.15) is 25.3 Å². The quantitative estimate of drug-likeness (QED) is 0.644. The molecule has 0 atom stereocenters. The van der Waals surface area contributed by atoms with Crippen molar-refractivity contribution >= 4 is 11.1 Å². The lowest BCUT2D eigenvalue weighted by molar-refractivity contribution is -0.299. The molecule has 2 aliphatic rings. The second-order valence-corrected chi connectivity index (χ2v) is 5.21. The van der Waals surface area contributed by atoms with E-state index in [1.54, 1.807) is 6.92 Å². The number of halogens is 6. The summed E-state index contributed by atoms with van der Waals surface area (Å²) in [5.74, 6) is -15.1. The van der Waals surface area contributed by atoms with Gasteiger partial charge in [0.05, 0.1) is 0 Å². The third kappa shape index (κ3) is 1.29. The minimum Gasteiger partial charge on any atom is -0.194 e. The van der Waals surface area contributed by atoms with Crippen molar-refractivity contribution in [1.82, 2.24) is 0 Å². The number of hydrogen-bond acceptors (Lipinski definition) is 0. The van der Waals surface area contributed by atoms with E-state index < -0.39 is 34.1 Å². The van der Waals surface area contributed by atoms with Crippen LogP contribution >= 0.6 is 0 Å². The molecule has 0 aliphatic heterocycles. The van der Waals surface area contributed by atoms with E-state index in [-0.39, 0.29) is 18.1 Å². The summed E-state index contributed by atoms with van der Waals surface area (Å²) in [4.78, 5) is 0. The summed E-state index contributed by atoms with van der Waals surface area (Å²) in [5, 5.41) is -0.171. The number of rotatable bonds is 0. The van der Waals surface area contributed by atoms with Crippen molar-refractivity contribution < 1.29 is 26.3 Å². The van der Waals surface area contributed by atoms with Crippen molar-refractivity contribution in [3.05, 3.63) is 34.2 Å². The molecule has 3 rings (SSSR count). The Balaban J connectivity index is 2.60. The molecule has 0 bridgehead atoms. The average molecular weight is 292 g/mol. The van der Waals surface area contributed by atoms with Gasteiger partial charge in [-0.25, -0.2) is 0 Å². The molecule has 20 heavy (non-hydrogen) atoms. The Hall–Kier alpha value is -1.46. The first kappa shape index (κ1) is 13.5. The van der Waals surface area contributed by atoms with Gasteiger partial charge in [-0.1, -0.05) is 23.8 Å². The Bertz CT molecular complexity index is 714. The lowest BCUT2D eigenvalue weighted by atomic mass is 9.78. The number of hydrogen-bond donors (Lipinski definition) is 0. The van der Waals surface area contributed by atoms with Gasteiger partial charge in [0, 0.05) is 11.1 Å². The van der Waals surface area contributed by atoms with Gasteiger partial charge in [-0.3, -0.25) is 0 Å². The molecule has 108 valence electrons. The molecular weight excluding hydrogens is 282 g/mol. The Morgan fingerprint density at radius 2 is 1.55 bits per heavy atom. The molecule has 1 aromatic carbocycles. The zero-order valence-electron chi connectivity index (χ0n) is 10.4. The molecule has 0 fully saturated rings. The van der Waals surface area contributed by atoms with E-state index in [9.17, 15) is 26.3 Å². The van der Waals surface area contributed by atoms with Gasteiger partial charge in [-0.15, -0.1) is 0 Å². The fourth-order valence-electron chi connectivity index (χ4n) is 2.94. The monoisotopic (exact) mass is 292 g/mol. The molecule has 0 N–H and O–H groups in total. The van der Waals surface area contributed by atoms with E-state index in [0.29, 0.717) is 5.57 Å². The largest absolute Gasteiger partial charge is 0.380 e. The van der Waals surface area contributed by atoms with Crippen molar-refractivity contribution in [3.8, 4) is 0 Å². The maximum atomic E-state index is 13.9. The summed E-state index contributed by atoms with van der Waals surface area (Å²) in [6.07, 6.45) is -0.155. The zero-order valence-corrected chi connectivity index (χ0v) is 10.4. The van der Waals surface area contributed by atoms with Crippen LogP contribution in [-0.4, -0.2) is 11.8 Å². The summed E-state index contributed by atoms with van der Waals surface area (Å²) in [7, 11) is 0. The van der Waals surface area contributed by atoms with Crippen LogP contribution in [0, 0.1) is 0 Å². The van der Waals surface area contributed by atoms with Gasteiger partial charge < -0.3 is 0 Å². The van der Waals surface area contributed by atoms with Crippen LogP contribution in [0.25, 0.3) is 11.1 Å². The first-order valence-corrected chi connectivity index (χ1v) is 6.09. The fraction of sp³-hybridized carbons (Fsp3) is 0.429. The van der Waals surface area contributed by atoms with Crippen molar-refractivity contribution in [1.29, 1.82) is 0 Å². The SMILES string of the molecule is CC1=c2cccc3c2=C(CC1)C(F)(F)C(F)(F)C3(F)F. The van der Waals surface area contributed by atoms with Crippen LogP contribution in [0.5, 0.6) is 0 Å². The molecule has 2 aliphatic carbocycles. The average Bonchev–Trinajstić information content (AvgIpc) is 2.36. The molecule has 0 unspecified atom stereocenters. The molecule has 6 heteroatoms. The van der Waals surface area contributed by atoms with Gasteiger partial charge in [-0.2, -0.15) is 26.3 Å². The molecule has 1 aromatic rings. The van der Waals surface area contributed by atoms with E-state index in [2.05, 4.69) is 0 Å². The van der Waals surface area contributed by atoms with Crippen LogP contribution in [0.3, 0.4) is 0 Å². The molecule has 0 saturated heterocycles. The van der Waals surface area contributed by atoms with E-state index in [4.69, 9.17) is 0 Å². The van der Waals surface area contributed by atoms with Gasteiger partial charge in [0.25, 0.3) is 0 Å². The van der Waals surface area contributed by atoms with Crippen molar-refractivity contribution in [2.45, 2.75) is 37.5 Å². The summed E-state index contributed by atoms with van der Waals surface area (Å²) < 4.78 is 82.7. The van der Waals surface area contributed by atoms with Gasteiger partial charge in [0.1, 0.15) is 0 Å². The zero-order chi connectivity index (χ0) is 14.9. The van der Waals surface area contributed by atoms with E-state index in [0.717, 1.165) is 6.07 Å². The number of benzene rings is 1. The smallest absolute Gasteiger partial charge is 0.194 e. The van der Waals surface area contributed by atoms with Gasteiger partial charge in [-0.05, 0) is 30.2 Å². The third-order valence-electron chi connectivity index (χ3n) is 4.08. The minimum atomic E-state index is -5.41. The first-order chi connectivity index (χ1) is 9.12. The maximum Gasteiger partial charge on any atom is 0.380 e. The summed E-state index contributed by atoms with van der Waals surface area (Å²) in [5.41, 5.74) is -1.22. The highest BCUT2D eigenvalue weighted by Crippen LogP contribution is 2.56. The highest BCUT2D eigenvalue weighted by Gasteiger charge is 2.75. The third-order valence-corrected chi connectivity index (χ3v) is 4.08. The second kappa shape index (κ2) is 3.59. The predicted molar refractivity (Wildman–Crippen MR) is 61.2 cm³/mol. The fourth-order valence-corrected chi connectivity index (χ4v) is 2.94. The van der Waals surface area contributed by atoms with Gasteiger partial charge in [0.2, 0.25) is 0 Å². The predicted octanol–water partition coefficient (Wildman–Crippen LogP) is 3.18. The highest BCUT2D eigenvalue weighted by molar-refractivity contribution is 5.66. The van der Waals surface area contributed by atoms with E-state index in [1.807, 2.05) is 0 Å². The lowest BCUT2D eigenvalue weighted by Gasteiger charge is -2.39. The Labute approximate surface area is 110 Å². The molecule has 0 saturated carbocycles. The summed E-state index contributed by atoms with van der Waals surface area (Å²) in [6.45, 7) is 1.63. The molecule has 0 nitrogen and oxygen atoms in total. The van der Waals surface area contributed by atoms with Crippen molar-refractivity contribution in [2.24, 2.45) is 0 Å². The first-order valence-electron chi connectivity index (χ1n) is 6.09. The van der Waals surface area contributed by atoms with Gasteiger partial charge >= 0.3 is 17.8 Å². The lowest BCUT2D eigenvalue weighted by Crippen LogP contribution is -2.61. The Morgan fingerprint density at radius 1 is 0.900 bits per heavy atom. The van der Waals surface area contributed by atoms with E-state index in [1.165, 1.54) is 12.1 Å². The van der Waals surface area contributed by atoms with Crippen LogP contribution in [-0.2, 0) is 5.92 Å². The topological polar surface area (TPSA) is 0 Å². The summed E-state index contributed by atoms with van der Waals surface area (Å²) >= 11 is 0. The Kier molecular flexibility index (Phi) is 2.43. The normalized spacial score (nSPS) is 25.4. The second-order valence-electron chi connectivity index (χ2n) is 5.21. The molecule has 0 spiro atoms. The molecule has 0 radical (unpaired) electrons. The molecule has 0 amide bonds. The van der Waals surface area contributed by atoms with Gasteiger partial charge in [0.15, 0.2) is 0 Å². The summed E-state index contributed by atoms with van der Waals surface area (Å²) in [6, 6.07) is 3.43.